The Balaban J connectivity index is 1.67. The van der Waals surface area contributed by atoms with Gasteiger partial charge in [-0.3, -0.25) is 0 Å². The van der Waals surface area contributed by atoms with E-state index in [0.29, 0.717) is 0 Å². The normalized spacial score (nSPS) is 22.3. The first-order chi connectivity index (χ1) is 12.8. The number of aliphatic hydroxyl groups is 1. The molecule has 1 aliphatic carbocycles. The molecule has 2 heteroatoms. The molecule has 0 unspecified atom stereocenters. The summed E-state index contributed by atoms with van der Waals surface area (Å²) < 4.78 is 2.02. The van der Waals surface area contributed by atoms with Crippen LogP contribution < -0.4 is 0 Å². The first kappa shape index (κ1) is 15.2. The first-order valence-corrected chi connectivity index (χ1v) is 8.91. The number of nitrogens with zero attached hydrogens (tertiary/aromatic N) is 1. The van der Waals surface area contributed by atoms with Gasteiger partial charge in [-0.05, 0) is 29.8 Å². The summed E-state index contributed by atoms with van der Waals surface area (Å²) in [6, 6.07) is 26.8. The maximum absolute atomic E-state index is 11.5. The number of benzene rings is 3. The molecule has 0 saturated heterocycles. The van der Waals surface area contributed by atoms with Gasteiger partial charge in [0.2, 0.25) is 0 Å². The predicted molar refractivity (Wildman–Crippen MR) is 107 cm³/mol. The van der Waals surface area contributed by atoms with Crippen molar-refractivity contribution in [3.63, 3.8) is 0 Å². The molecule has 0 fully saturated rings. The van der Waals surface area contributed by atoms with Crippen LogP contribution in [0.4, 0.5) is 0 Å². The Hall–Kier alpha value is -3.10. The highest BCUT2D eigenvalue weighted by molar-refractivity contribution is 6.08. The van der Waals surface area contributed by atoms with Gasteiger partial charge in [0, 0.05) is 16.7 Å². The first-order valence-electron chi connectivity index (χ1n) is 8.91. The van der Waals surface area contributed by atoms with Crippen LogP contribution in [-0.2, 0) is 5.72 Å². The highest BCUT2D eigenvalue weighted by atomic mass is 16.3. The van der Waals surface area contributed by atoms with Gasteiger partial charge in [-0.25, -0.2) is 0 Å². The van der Waals surface area contributed by atoms with Crippen molar-refractivity contribution in [3.8, 4) is 0 Å². The van der Waals surface area contributed by atoms with Crippen LogP contribution in [0.1, 0.15) is 11.5 Å². The zero-order valence-electron chi connectivity index (χ0n) is 14.3. The number of allylic oxidation sites excluding steroid dienone is 2. The fraction of sp³-hybridized carbons (Fsp3) is 0.0833. The molecule has 0 aliphatic heterocycles. The third kappa shape index (κ3) is 2.23. The average Bonchev–Trinajstić information content (AvgIpc) is 3.04. The fourth-order valence-corrected chi connectivity index (χ4v) is 3.97. The molecule has 0 atom stereocenters. The van der Waals surface area contributed by atoms with Crippen molar-refractivity contribution in [3.05, 3.63) is 109 Å². The molecule has 0 saturated carbocycles. The molecule has 0 amide bonds. The van der Waals surface area contributed by atoms with Crippen molar-refractivity contribution in [1.29, 1.82) is 0 Å². The second-order valence-electron chi connectivity index (χ2n) is 6.81. The van der Waals surface area contributed by atoms with E-state index >= 15 is 0 Å². The Morgan fingerprint density at radius 1 is 0.654 bits per heavy atom. The fourth-order valence-electron chi connectivity index (χ4n) is 3.97. The molecule has 1 N–H and O–H groups in total. The monoisotopic (exact) mass is 337 g/mol. The van der Waals surface area contributed by atoms with Gasteiger partial charge in [0.25, 0.3) is 0 Å². The van der Waals surface area contributed by atoms with Crippen LogP contribution in [-0.4, -0.2) is 9.67 Å². The van der Waals surface area contributed by atoms with Crippen LogP contribution >= 0.6 is 0 Å². The molecule has 4 aromatic rings. The number of aromatic nitrogens is 1. The molecule has 3 aromatic carbocycles. The second kappa shape index (κ2) is 5.72. The van der Waals surface area contributed by atoms with Crippen LogP contribution in [0.2, 0.25) is 0 Å². The third-order valence-corrected chi connectivity index (χ3v) is 5.22. The highest BCUT2D eigenvalue weighted by Crippen LogP contribution is 2.37. The van der Waals surface area contributed by atoms with Crippen molar-refractivity contribution in [2.24, 2.45) is 0 Å². The predicted octanol–water partition coefficient (Wildman–Crippen LogP) is 5.35. The van der Waals surface area contributed by atoms with Gasteiger partial charge in [-0.2, -0.15) is 0 Å². The molecule has 1 aliphatic rings. The summed E-state index contributed by atoms with van der Waals surface area (Å²) in [5, 5.41) is 13.8. The van der Waals surface area contributed by atoms with Crippen LogP contribution in [0.5, 0.6) is 0 Å². The van der Waals surface area contributed by atoms with Gasteiger partial charge in [-0.15, -0.1) is 0 Å². The maximum atomic E-state index is 11.5. The largest absolute Gasteiger partial charge is 0.364 e. The van der Waals surface area contributed by atoms with Crippen LogP contribution in [0.3, 0.4) is 0 Å². The molecule has 1 heterocycles. The lowest BCUT2D eigenvalue weighted by atomic mass is 9.91. The molecular weight excluding hydrogens is 318 g/mol. The maximum Gasteiger partial charge on any atom is 0.181 e. The SMILES string of the molecule is OC1(n2c3ccccc3c3ccccc32)C=CC(c2ccccc2)C=C1. The van der Waals surface area contributed by atoms with Crippen molar-refractivity contribution in [2.45, 2.75) is 11.6 Å². The number of para-hydroxylation sites is 2. The van der Waals surface area contributed by atoms with Crippen molar-refractivity contribution < 1.29 is 5.11 Å². The third-order valence-electron chi connectivity index (χ3n) is 5.22. The number of hydrogen-bond acceptors (Lipinski definition) is 1. The Morgan fingerprint density at radius 2 is 1.15 bits per heavy atom. The minimum Gasteiger partial charge on any atom is -0.364 e. The van der Waals surface area contributed by atoms with E-state index in [4.69, 9.17) is 0 Å². The van der Waals surface area contributed by atoms with Crippen LogP contribution in [0.15, 0.2) is 103 Å². The number of rotatable bonds is 2. The molecule has 0 bridgehead atoms. The minimum atomic E-state index is -1.17. The molecule has 2 nitrogen and oxygen atoms in total. The van der Waals surface area contributed by atoms with Gasteiger partial charge >= 0.3 is 0 Å². The topological polar surface area (TPSA) is 25.2 Å². The number of fused-ring (bicyclic) bond motifs is 3. The molecule has 0 spiro atoms. The standard InChI is InChI=1S/C24H19NO/c26-24(16-14-19(15-17-24)18-8-2-1-3-9-18)25-22-12-6-4-10-20(22)21-11-5-7-13-23(21)25/h1-17,19,26H. The summed E-state index contributed by atoms with van der Waals surface area (Å²) >= 11 is 0. The zero-order valence-corrected chi connectivity index (χ0v) is 14.3. The molecular formula is C24H19NO. The van der Waals surface area contributed by atoms with E-state index in [1.165, 1.54) is 5.56 Å². The lowest BCUT2D eigenvalue weighted by molar-refractivity contribution is 0.0726. The van der Waals surface area contributed by atoms with Gasteiger partial charge in [0.15, 0.2) is 5.72 Å². The second-order valence-corrected chi connectivity index (χ2v) is 6.81. The van der Waals surface area contributed by atoms with Gasteiger partial charge in [0.05, 0.1) is 11.0 Å². The molecule has 1 aromatic heterocycles. The van der Waals surface area contributed by atoms with E-state index in [2.05, 4.69) is 48.6 Å². The zero-order chi connectivity index (χ0) is 17.6. The van der Waals surface area contributed by atoms with Gasteiger partial charge in [-0.1, -0.05) is 78.9 Å². The summed E-state index contributed by atoms with van der Waals surface area (Å²) in [6.07, 6.45) is 7.98. The van der Waals surface area contributed by atoms with Crippen molar-refractivity contribution in [2.75, 3.05) is 0 Å². The molecule has 26 heavy (non-hydrogen) atoms. The van der Waals surface area contributed by atoms with E-state index in [0.717, 1.165) is 21.8 Å². The minimum absolute atomic E-state index is 0.185. The van der Waals surface area contributed by atoms with Crippen molar-refractivity contribution in [1.82, 2.24) is 4.57 Å². The summed E-state index contributed by atoms with van der Waals surface area (Å²) in [4.78, 5) is 0. The lowest BCUT2D eigenvalue weighted by Crippen LogP contribution is -2.30. The highest BCUT2D eigenvalue weighted by Gasteiger charge is 2.29. The molecule has 5 rings (SSSR count). The average molecular weight is 337 g/mol. The van der Waals surface area contributed by atoms with Crippen LogP contribution in [0, 0.1) is 0 Å². The quantitative estimate of drug-likeness (QED) is 0.490. The van der Waals surface area contributed by atoms with E-state index in [1.54, 1.807) is 0 Å². The Morgan fingerprint density at radius 3 is 1.73 bits per heavy atom. The van der Waals surface area contributed by atoms with Gasteiger partial charge in [0.1, 0.15) is 0 Å². The van der Waals surface area contributed by atoms with Crippen molar-refractivity contribution >= 4 is 21.8 Å². The number of hydrogen-bond donors (Lipinski definition) is 1. The summed E-state index contributed by atoms with van der Waals surface area (Å²) in [7, 11) is 0. The summed E-state index contributed by atoms with van der Waals surface area (Å²) in [5.41, 5.74) is 2.12. The van der Waals surface area contributed by atoms with E-state index in [1.807, 2.05) is 59.2 Å². The van der Waals surface area contributed by atoms with Crippen LogP contribution in [0.25, 0.3) is 21.8 Å². The molecule has 0 radical (unpaired) electrons. The Bertz CT molecular complexity index is 1080. The Kier molecular flexibility index (Phi) is 3.34. The van der Waals surface area contributed by atoms with Gasteiger partial charge < -0.3 is 9.67 Å². The van der Waals surface area contributed by atoms with E-state index < -0.39 is 5.72 Å². The lowest BCUT2D eigenvalue weighted by Gasteiger charge is -2.29. The molecule has 126 valence electrons. The van der Waals surface area contributed by atoms with E-state index in [-0.39, 0.29) is 5.92 Å². The smallest absolute Gasteiger partial charge is 0.181 e. The summed E-state index contributed by atoms with van der Waals surface area (Å²) in [6.45, 7) is 0. The van der Waals surface area contributed by atoms with E-state index in [9.17, 15) is 5.11 Å². The Labute approximate surface area is 152 Å². The summed E-state index contributed by atoms with van der Waals surface area (Å²) in [5.74, 6) is 0.185.